The van der Waals surface area contributed by atoms with Crippen LogP contribution < -0.4 is 15.8 Å². The van der Waals surface area contributed by atoms with Crippen molar-refractivity contribution in [3.8, 4) is 5.75 Å². The fourth-order valence-corrected chi connectivity index (χ4v) is 4.15. The maximum absolute atomic E-state index is 9.54. The Kier molecular flexibility index (Phi) is 30.4. The van der Waals surface area contributed by atoms with Gasteiger partial charge >= 0.3 is 5.97 Å². The number of carbonyl (C=O) groups is 2. The molecule has 1 saturated carbocycles. The molecule has 0 unspecified atom stereocenters. The Morgan fingerprint density at radius 2 is 1.71 bits per heavy atom. The molecule has 6 N–H and O–H groups in total. The number of nitrogens with two attached hydrogens (primary N) is 1. The number of carbonyl (C=O) groups excluding carboxylic acids is 1. The average molecular weight is 615 g/mol. The predicted octanol–water partition coefficient (Wildman–Crippen LogP) is 6.03. The number of thioether (sulfide) groups is 1. The van der Waals surface area contributed by atoms with Gasteiger partial charge in [-0.15, -0.1) is 0 Å². The fraction of sp³-hybridized carbons (Fsp3) is 0.567. The van der Waals surface area contributed by atoms with Crippen molar-refractivity contribution in [2.75, 3.05) is 45.2 Å². The average Bonchev–Trinajstić information content (AvgIpc) is 2.93. The van der Waals surface area contributed by atoms with Crippen LogP contribution in [0.4, 0.5) is 0 Å². The largest absolute Gasteiger partial charge is 0.513 e. The summed E-state index contributed by atoms with van der Waals surface area (Å²) in [6, 6.07) is 5.52. The lowest BCUT2D eigenvalue weighted by molar-refractivity contribution is -0.135. The number of ether oxygens (including phenoxy) is 1. The lowest BCUT2D eigenvalue weighted by atomic mass is 9.92. The molecule has 0 spiro atoms. The van der Waals surface area contributed by atoms with Gasteiger partial charge in [-0.3, -0.25) is 10.2 Å². The van der Waals surface area contributed by atoms with Crippen molar-refractivity contribution in [2.24, 2.45) is 5.73 Å². The third kappa shape index (κ3) is 22.9. The number of rotatable bonds is 9. The van der Waals surface area contributed by atoms with Gasteiger partial charge < -0.3 is 35.7 Å². The second kappa shape index (κ2) is 29.0. The molecule has 1 aromatic carbocycles. The lowest BCUT2D eigenvalue weighted by Gasteiger charge is -2.26. The Hall–Kier alpha value is -2.47. The molecular formula is C30H54N4O5S2. The van der Waals surface area contributed by atoms with Gasteiger partial charge in [0, 0.05) is 17.9 Å². The SMILES string of the molecule is C=C(Oc1ccc(C(=N)N)cc1C)SCCN1CCCCC1.C=O.CC.CC(O)=C1CCC1.CNCC(=O)O.CS. The first-order chi connectivity index (χ1) is 19.6. The number of nitrogen functional groups attached to an aromatic ring is 1. The van der Waals surface area contributed by atoms with Gasteiger partial charge in [-0.1, -0.05) is 32.0 Å². The predicted molar refractivity (Wildman–Crippen MR) is 179 cm³/mol. The number of aliphatic hydroxyl groups is 1. The van der Waals surface area contributed by atoms with Crippen LogP contribution in [0, 0.1) is 12.3 Å². The number of nitrogens with one attached hydrogen (secondary N) is 2. The lowest BCUT2D eigenvalue weighted by Crippen LogP contribution is -2.31. The van der Waals surface area contributed by atoms with E-state index >= 15 is 0 Å². The van der Waals surface area contributed by atoms with E-state index < -0.39 is 5.97 Å². The smallest absolute Gasteiger partial charge is 0.317 e. The molecule has 41 heavy (non-hydrogen) atoms. The first-order valence-corrected chi connectivity index (χ1v) is 15.7. The highest BCUT2D eigenvalue weighted by atomic mass is 32.2. The van der Waals surface area contributed by atoms with E-state index in [1.165, 1.54) is 44.3 Å². The number of hydrogen-bond donors (Lipinski definition) is 6. The molecule has 9 nitrogen and oxygen atoms in total. The highest BCUT2D eigenvalue weighted by molar-refractivity contribution is 8.02. The third-order valence-electron chi connectivity index (χ3n) is 5.63. The van der Waals surface area contributed by atoms with Crippen LogP contribution >= 0.6 is 24.4 Å². The van der Waals surface area contributed by atoms with Crippen molar-refractivity contribution in [2.45, 2.75) is 66.2 Å². The number of aliphatic hydroxyl groups excluding tert-OH is 1. The molecule has 1 aliphatic carbocycles. The minimum Gasteiger partial charge on any atom is -0.513 e. The molecule has 0 amide bonds. The molecule has 1 heterocycles. The molecule has 1 aromatic rings. The van der Waals surface area contributed by atoms with Gasteiger partial charge in [0.05, 0.1) is 12.3 Å². The van der Waals surface area contributed by atoms with E-state index in [2.05, 4.69) is 29.4 Å². The summed E-state index contributed by atoms with van der Waals surface area (Å²) < 4.78 is 5.81. The number of amidine groups is 1. The van der Waals surface area contributed by atoms with Crippen LogP contribution in [0.25, 0.3) is 0 Å². The van der Waals surface area contributed by atoms with Gasteiger partial charge in [0.25, 0.3) is 0 Å². The van der Waals surface area contributed by atoms with E-state index in [0.29, 0.717) is 11.3 Å². The number of nitrogens with zero attached hydrogens (tertiary/aromatic N) is 1. The van der Waals surface area contributed by atoms with E-state index in [0.717, 1.165) is 41.5 Å². The highest BCUT2D eigenvalue weighted by Crippen LogP contribution is 2.27. The van der Waals surface area contributed by atoms with E-state index in [9.17, 15) is 4.79 Å². The van der Waals surface area contributed by atoms with E-state index in [1.807, 2.05) is 39.7 Å². The Labute approximate surface area is 257 Å². The van der Waals surface area contributed by atoms with Gasteiger partial charge in [0.2, 0.25) is 0 Å². The van der Waals surface area contributed by atoms with Crippen molar-refractivity contribution < 1.29 is 24.5 Å². The molecular weight excluding hydrogens is 560 g/mol. The van der Waals surface area contributed by atoms with Crippen LogP contribution in [-0.4, -0.2) is 78.9 Å². The molecule has 11 heteroatoms. The van der Waals surface area contributed by atoms with Gasteiger partial charge in [0.1, 0.15) is 18.4 Å². The first kappa shape index (κ1) is 43.0. The van der Waals surface area contributed by atoms with Crippen LogP contribution in [0.1, 0.15) is 70.4 Å². The molecule has 0 atom stereocenters. The Morgan fingerprint density at radius 1 is 1.15 bits per heavy atom. The van der Waals surface area contributed by atoms with Crippen molar-refractivity contribution in [1.29, 1.82) is 5.41 Å². The molecule has 1 aliphatic heterocycles. The fourth-order valence-electron chi connectivity index (χ4n) is 3.42. The zero-order valence-corrected chi connectivity index (χ0v) is 27.6. The number of allylic oxidation sites excluding steroid dienone is 2. The van der Waals surface area contributed by atoms with Crippen LogP contribution in [-0.2, 0) is 9.59 Å². The molecule has 1 saturated heterocycles. The summed E-state index contributed by atoms with van der Waals surface area (Å²) in [6.07, 6.45) is 9.24. The number of aryl methyl sites for hydroxylation is 1. The van der Waals surface area contributed by atoms with Crippen molar-refractivity contribution in [3.05, 3.63) is 52.3 Å². The van der Waals surface area contributed by atoms with E-state index in [-0.39, 0.29) is 12.4 Å². The van der Waals surface area contributed by atoms with Crippen molar-refractivity contribution in [1.82, 2.24) is 10.2 Å². The normalized spacial score (nSPS) is 13.1. The Balaban J connectivity index is -0.000000622. The summed E-state index contributed by atoms with van der Waals surface area (Å²) in [5.41, 5.74) is 8.42. The van der Waals surface area contributed by atoms with Gasteiger partial charge in [-0.2, -0.15) is 12.6 Å². The van der Waals surface area contributed by atoms with Crippen LogP contribution in [0.15, 0.2) is 41.2 Å². The number of hydrogen-bond acceptors (Lipinski definition) is 9. The topological polar surface area (TPSA) is 149 Å². The third-order valence-corrected chi connectivity index (χ3v) is 6.42. The van der Waals surface area contributed by atoms with E-state index in [1.54, 1.807) is 38.1 Å². The summed E-state index contributed by atoms with van der Waals surface area (Å²) in [6.45, 7) is 17.3. The zero-order valence-electron chi connectivity index (χ0n) is 25.9. The minimum atomic E-state index is -0.822. The maximum Gasteiger partial charge on any atom is 0.317 e. The standard InChI is InChI=1S/C17H25N3OS.C6H10O.C3H7NO2.C2H6.CH2O.CH4S/c1-13-12-15(17(18)19)6-7-16(13)21-14(2)22-11-10-20-8-4-3-5-9-20;1-5(7)6-3-2-4-6;1-4-2-3(5)6;3*1-2/h6-7,12H,2-5,8-11H2,1H3,(H3,18,19);7H,2-4H2,1H3;4H,2H2,1H3,(H,5,6);1-2H3;1H2;2H,1H3. The van der Waals surface area contributed by atoms with Crippen molar-refractivity contribution in [3.63, 3.8) is 0 Å². The summed E-state index contributed by atoms with van der Waals surface area (Å²) in [4.78, 5) is 20.0. The van der Waals surface area contributed by atoms with Crippen molar-refractivity contribution >= 4 is 43.0 Å². The van der Waals surface area contributed by atoms with Gasteiger partial charge in [0.15, 0.2) is 5.09 Å². The van der Waals surface area contributed by atoms with Crippen LogP contribution in [0.5, 0.6) is 5.75 Å². The molecule has 2 aliphatic rings. The number of carboxylic acid groups (broad SMARTS) is 1. The summed E-state index contributed by atoms with van der Waals surface area (Å²) in [7, 11) is 1.59. The number of benzene rings is 1. The van der Waals surface area contributed by atoms with Gasteiger partial charge in [-0.05, 0) is 108 Å². The minimum absolute atomic E-state index is 0.0417. The van der Waals surface area contributed by atoms with E-state index in [4.69, 9.17) is 30.9 Å². The summed E-state index contributed by atoms with van der Waals surface area (Å²) in [5, 5.41) is 27.2. The maximum atomic E-state index is 9.54. The zero-order chi connectivity index (χ0) is 32.2. The highest BCUT2D eigenvalue weighted by Gasteiger charge is 2.11. The van der Waals surface area contributed by atoms with Crippen LogP contribution in [0.2, 0.25) is 0 Å². The Morgan fingerprint density at radius 3 is 2.05 bits per heavy atom. The molecule has 2 fully saturated rings. The van der Waals surface area contributed by atoms with Crippen LogP contribution in [0.3, 0.4) is 0 Å². The summed E-state index contributed by atoms with van der Waals surface area (Å²) >= 11 is 5.19. The quantitative estimate of drug-likeness (QED) is 0.0849. The molecule has 3 rings (SSSR count). The number of aliphatic carboxylic acids is 1. The Bertz CT molecular complexity index is 882. The number of thiol groups is 1. The molecule has 0 bridgehead atoms. The summed E-state index contributed by atoms with van der Waals surface area (Å²) in [5.74, 6) is 1.58. The molecule has 0 radical (unpaired) electrons. The number of likely N-dealkylation sites (tertiary alicyclic amines) is 1. The number of carboxylic acids is 1. The molecule has 0 aromatic heterocycles. The van der Waals surface area contributed by atoms with Gasteiger partial charge in [-0.25, -0.2) is 0 Å². The second-order valence-corrected chi connectivity index (χ2v) is 9.74. The second-order valence-electron chi connectivity index (χ2n) is 8.59. The first-order valence-electron chi connectivity index (χ1n) is 13.8. The number of likely N-dealkylation sites (N-methyl/N-ethyl adjacent to an activating group) is 1. The monoisotopic (exact) mass is 614 g/mol. The number of piperidine rings is 1. The molecule has 236 valence electrons.